The molecule has 3 aliphatic heterocycles. The predicted molar refractivity (Wildman–Crippen MR) is 101 cm³/mol. The van der Waals surface area contributed by atoms with Gasteiger partial charge in [-0.05, 0) is 20.8 Å². The molecule has 0 aromatic heterocycles. The third-order valence-corrected chi connectivity index (χ3v) is 9.47. The highest BCUT2D eigenvalue weighted by atomic mass is 127. The Hall–Kier alpha value is -0.970. The first-order chi connectivity index (χ1) is 11.7. The maximum absolute atomic E-state index is 12.6. The van der Waals surface area contributed by atoms with E-state index in [0.717, 1.165) is 6.42 Å². The lowest BCUT2D eigenvalue weighted by Gasteiger charge is -2.50. The molecule has 2 saturated heterocycles. The summed E-state index contributed by atoms with van der Waals surface area (Å²) >= 11 is -0.379. The molecule has 3 heterocycles. The highest BCUT2D eigenvalue weighted by Gasteiger charge is 2.62. The van der Waals surface area contributed by atoms with E-state index in [1.54, 1.807) is 16.0 Å². The fraction of sp³-hybridized carbons (Fsp3) is 0.688. The summed E-state index contributed by atoms with van der Waals surface area (Å²) in [7, 11) is 1.49. The van der Waals surface area contributed by atoms with Gasteiger partial charge < -0.3 is 14.9 Å². The average molecular weight is 477 g/mol. The molecular formula is C16H20IN3O4S. The van der Waals surface area contributed by atoms with Crippen LogP contribution < -0.4 is 0 Å². The van der Waals surface area contributed by atoms with Gasteiger partial charge in [0.25, 0.3) is 5.91 Å². The van der Waals surface area contributed by atoms with Crippen LogP contribution in [0.4, 0.5) is 0 Å². The van der Waals surface area contributed by atoms with Crippen molar-refractivity contribution in [2.24, 2.45) is 25.8 Å². The number of carbonyl (C=O) groups excluding carboxylic acids is 2. The fourth-order valence-corrected chi connectivity index (χ4v) is 7.28. The number of hydrogen-bond donors (Lipinski definition) is 1. The molecule has 4 aliphatic rings. The van der Waals surface area contributed by atoms with Crippen LogP contribution in [0, 0.1) is 22.7 Å². The Morgan fingerprint density at radius 2 is 1.88 bits per heavy atom. The fourth-order valence-electron chi connectivity index (χ4n) is 4.15. The molecule has 1 spiro atoms. The summed E-state index contributed by atoms with van der Waals surface area (Å²) < 4.78 is 4.15. The van der Waals surface area contributed by atoms with Crippen LogP contribution in [0.5, 0.6) is 0 Å². The second kappa shape index (κ2) is 5.77. The molecular weight excluding hydrogens is 457 g/mol. The lowest BCUT2D eigenvalue weighted by atomic mass is 9.71. The van der Waals surface area contributed by atoms with Crippen molar-refractivity contribution in [3.8, 4) is 0 Å². The van der Waals surface area contributed by atoms with Crippen molar-refractivity contribution < 1.29 is 19.5 Å². The summed E-state index contributed by atoms with van der Waals surface area (Å²) in [6.45, 7) is 5.70. The summed E-state index contributed by atoms with van der Waals surface area (Å²) in [5.41, 5.74) is -0.422. The number of aliphatic carboxylic acids is 1. The summed E-state index contributed by atoms with van der Waals surface area (Å²) in [5, 5.41) is 9.63. The van der Waals surface area contributed by atoms with Gasteiger partial charge in [-0.3, -0.25) is 14.4 Å². The number of rotatable bonds is 3. The Kier molecular flexibility index (Phi) is 4.02. The maximum Gasteiger partial charge on any atom is 0.309 e. The van der Waals surface area contributed by atoms with Crippen molar-refractivity contribution in [2.75, 3.05) is 26.2 Å². The lowest BCUT2D eigenvalue weighted by molar-refractivity contribution is -0.158. The van der Waals surface area contributed by atoms with Crippen LogP contribution in [0.3, 0.4) is 0 Å². The molecule has 25 heavy (non-hydrogen) atoms. The molecule has 136 valence electrons. The van der Waals surface area contributed by atoms with Gasteiger partial charge in [-0.15, -0.1) is 0 Å². The Balaban J connectivity index is 1.45. The summed E-state index contributed by atoms with van der Waals surface area (Å²) in [6, 6.07) is 0. The Morgan fingerprint density at radius 3 is 2.40 bits per heavy atom. The van der Waals surface area contributed by atoms with E-state index < -0.39 is 17.3 Å². The van der Waals surface area contributed by atoms with E-state index in [1.807, 2.05) is 0 Å². The first kappa shape index (κ1) is 17.4. The molecule has 0 radical (unpaired) electrons. The standard InChI is InChI=1S/C16H20IN3O4S/c1-15(2)3-9(15)12(21)20-7-16(8-20)6-19(5-10(16)14(23)24)13(22)11-4-18-17-25-11/h4,9-10H,3,5-8H2,1-2H3,(H,23,24)/t9-,10+/m1/s1. The zero-order valence-electron chi connectivity index (χ0n) is 14.1. The van der Waals surface area contributed by atoms with E-state index in [0.29, 0.717) is 24.5 Å². The monoisotopic (exact) mass is 477 g/mol. The normalized spacial score (nSPS) is 31.4. The summed E-state index contributed by atoms with van der Waals surface area (Å²) in [4.78, 5) is 40.9. The van der Waals surface area contributed by atoms with Crippen LogP contribution in [0.15, 0.2) is 14.3 Å². The average Bonchev–Trinajstić information content (AvgIpc) is 2.96. The van der Waals surface area contributed by atoms with Crippen LogP contribution >= 0.6 is 28.6 Å². The number of carboxylic acids is 1. The Labute approximate surface area is 158 Å². The highest BCUT2D eigenvalue weighted by Crippen LogP contribution is 2.54. The molecule has 1 N–H and O–H groups in total. The van der Waals surface area contributed by atoms with E-state index in [9.17, 15) is 19.5 Å². The molecule has 3 fully saturated rings. The number of nitrogens with zero attached hydrogens (tertiary/aromatic N) is 3. The molecule has 7 nitrogen and oxygen atoms in total. The van der Waals surface area contributed by atoms with Gasteiger partial charge in [0, 0.05) is 37.5 Å². The second-order valence-corrected chi connectivity index (χ2v) is 11.9. The molecule has 0 unspecified atom stereocenters. The molecule has 1 saturated carbocycles. The van der Waals surface area contributed by atoms with Crippen LogP contribution in [0.2, 0.25) is 0 Å². The minimum Gasteiger partial charge on any atom is -0.481 e. The maximum atomic E-state index is 12.6. The molecule has 9 heteroatoms. The van der Waals surface area contributed by atoms with Crippen molar-refractivity contribution >= 4 is 46.4 Å². The van der Waals surface area contributed by atoms with Gasteiger partial charge in [-0.25, -0.2) is 3.15 Å². The van der Waals surface area contributed by atoms with Crippen molar-refractivity contribution in [1.29, 1.82) is 0 Å². The van der Waals surface area contributed by atoms with Gasteiger partial charge in [-0.1, -0.05) is 13.8 Å². The van der Waals surface area contributed by atoms with E-state index >= 15 is 0 Å². The molecule has 1 aliphatic carbocycles. The van der Waals surface area contributed by atoms with Crippen molar-refractivity contribution in [1.82, 2.24) is 9.80 Å². The summed E-state index contributed by atoms with van der Waals surface area (Å²) in [5.74, 6) is -1.38. The van der Waals surface area contributed by atoms with Crippen molar-refractivity contribution in [2.45, 2.75) is 20.3 Å². The predicted octanol–water partition coefficient (Wildman–Crippen LogP) is 2.06. The van der Waals surface area contributed by atoms with Crippen molar-refractivity contribution in [3.05, 3.63) is 11.1 Å². The van der Waals surface area contributed by atoms with Crippen LogP contribution in [-0.4, -0.2) is 58.9 Å². The SMILES string of the molecule is CC1(C)C[C@@H]1C(=O)N1CC2(CN(C(=O)C3=CN=IS3)C[C@H]2C(=O)O)C1. The van der Waals surface area contributed by atoms with Gasteiger partial charge in [0.2, 0.25) is 5.91 Å². The topological polar surface area (TPSA) is 90.3 Å². The number of amides is 2. The largest absolute Gasteiger partial charge is 0.481 e. The summed E-state index contributed by atoms with van der Waals surface area (Å²) in [6.07, 6.45) is 2.52. The van der Waals surface area contributed by atoms with E-state index in [1.165, 1.54) is 8.93 Å². The molecule has 2 atom stereocenters. The third-order valence-electron chi connectivity index (χ3n) is 5.90. The Bertz CT molecular complexity index is 729. The minimum atomic E-state index is -0.876. The van der Waals surface area contributed by atoms with Crippen molar-refractivity contribution in [3.63, 3.8) is 0 Å². The van der Waals surface area contributed by atoms with Crippen LogP contribution in [-0.2, 0) is 14.4 Å². The number of halogens is 1. The lowest BCUT2D eigenvalue weighted by Crippen LogP contribution is -2.63. The molecule has 4 rings (SSSR count). The minimum absolute atomic E-state index is 0.0675. The van der Waals surface area contributed by atoms with Crippen LogP contribution in [0.25, 0.3) is 0 Å². The highest BCUT2D eigenvalue weighted by molar-refractivity contribution is 14.2. The number of carboxylic acid groups (broad SMARTS) is 1. The van der Waals surface area contributed by atoms with E-state index in [2.05, 4.69) is 17.0 Å². The first-order valence-electron chi connectivity index (χ1n) is 8.26. The number of hydrogen-bond acceptors (Lipinski definition) is 5. The van der Waals surface area contributed by atoms with Gasteiger partial charge in [0.05, 0.1) is 31.8 Å². The van der Waals surface area contributed by atoms with Gasteiger partial charge in [-0.2, -0.15) is 0 Å². The van der Waals surface area contributed by atoms with Gasteiger partial charge in [0.15, 0.2) is 0 Å². The second-order valence-electron chi connectivity index (χ2n) is 8.12. The Morgan fingerprint density at radius 1 is 1.24 bits per heavy atom. The zero-order chi connectivity index (χ0) is 18.0. The number of carbonyl (C=O) groups is 3. The first-order valence-corrected chi connectivity index (χ1v) is 12.6. The molecule has 2 amide bonds. The molecule has 0 aromatic rings. The molecule has 0 bridgehead atoms. The van der Waals surface area contributed by atoms with Crippen LogP contribution in [0.1, 0.15) is 20.3 Å². The van der Waals surface area contributed by atoms with E-state index in [-0.39, 0.29) is 49.3 Å². The quantitative estimate of drug-likeness (QED) is 0.629. The number of likely N-dealkylation sites (tertiary alicyclic amines) is 2. The third kappa shape index (κ3) is 2.83. The van der Waals surface area contributed by atoms with E-state index in [4.69, 9.17) is 0 Å². The smallest absolute Gasteiger partial charge is 0.309 e. The zero-order valence-corrected chi connectivity index (χ0v) is 17.0. The molecule has 0 aromatic carbocycles. The van der Waals surface area contributed by atoms with Gasteiger partial charge >= 0.3 is 5.97 Å². The van der Waals surface area contributed by atoms with Gasteiger partial charge in [0.1, 0.15) is 4.91 Å².